The van der Waals surface area contributed by atoms with Gasteiger partial charge >= 0.3 is 0 Å². The molecule has 8 aromatic carbocycles. The Balaban J connectivity index is 1.37. The summed E-state index contributed by atoms with van der Waals surface area (Å²) in [4.78, 5) is 2.56. The van der Waals surface area contributed by atoms with Gasteiger partial charge in [-0.2, -0.15) is 0 Å². The van der Waals surface area contributed by atoms with Gasteiger partial charge in [0.2, 0.25) is 0 Å². The molecule has 0 fully saturated rings. The molecule has 0 amide bonds. The number of nitrogens with zero attached hydrogens (tertiary/aromatic N) is 1. The minimum absolute atomic E-state index is 0.0590. The molecule has 1 aliphatic rings. The van der Waals surface area contributed by atoms with Crippen LogP contribution in [0.15, 0.2) is 176 Å². The van der Waals surface area contributed by atoms with E-state index in [2.05, 4.69) is 236 Å². The van der Waals surface area contributed by atoms with Crippen molar-refractivity contribution >= 4 is 27.8 Å². The number of para-hydroxylation sites is 2. The van der Waals surface area contributed by atoms with Gasteiger partial charge in [-0.15, -0.1) is 0 Å². The molecule has 0 radical (unpaired) electrons. The van der Waals surface area contributed by atoms with Crippen LogP contribution in [0.2, 0.25) is 0 Å². The predicted octanol–water partition coefficient (Wildman–Crippen LogP) is 16.2. The van der Waals surface area contributed by atoms with Crippen molar-refractivity contribution in [2.45, 2.75) is 71.6 Å². The van der Waals surface area contributed by atoms with E-state index in [0.717, 1.165) is 17.1 Å². The maximum atomic E-state index is 2.56. The van der Waals surface area contributed by atoms with E-state index in [9.17, 15) is 0 Å². The van der Waals surface area contributed by atoms with Crippen LogP contribution in [0.3, 0.4) is 0 Å². The molecule has 0 bridgehead atoms. The van der Waals surface area contributed by atoms with Gasteiger partial charge in [-0.1, -0.05) is 207 Å². The Labute approximate surface area is 345 Å². The van der Waals surface area contributed by atoms with Crippen molar-refractivity contribution in [1.82, 2.24) is 0 Å². The number of fused-ring (bicyclic) bond motifs is 4. The second kappa shape index (κ2) is 14.0. The van der Waals surface area contributed by atoms with Crippen LogP contribution in [0, 0.1) is 0 Å². The van der Waals surface area contributed by atoms with Crippen LogP contribution >= 0.6 is 0 Å². The highest BCUT2D eigenvalue weighted by Crippen LogP contribution is 2.55. The van der Waals surface area contributed by atoms with E-state index in [0.29, 0.717) is 0 Å². The second-order valence-corrected chi connectivity index (χ2v) is 18.6. The molecule has 1 nitrogen and oxygen atoms in total. The Morgan fingerprint density at radius 2 is 0.862 bits per heavy atom. The summed E-state index contributed by atoms with van der Waals surface area (Å²) in [6.07, 6.45) is 0. The van der Waals surface area contributed by atoms with Crippen molar-refractivity contribution < 1.29 is 0 Å². The van der Waals surface area contributed by atoms with Gasteiger partial charge in [0.15, 0.2) is 0 Å². The summed E-state index contributed by atoms with van der Waals surface area (Å²) in [5, 5.41) is 2.49. The maximum absolute atomic E-state index is 2.56. The van der Waals surface area contributed by atoms with E-state index in [-0.39, 0.29) is 16.2 Å². The van der Waals surface area contributed by atoms with Crippen molar-refractivity contribution in [2.75, 3.05) is 4.90 Å². The molecule has 0 saturated heterocycles. The van der Waals surface area contributed by atoms with Crippen LogP contribution in [0.5, 0.6) is 0 Å². The Kier molecular flexibility index (Phi) is 9.05. The van der Waals surface area contributed by atoms with Crippen molar-refractivity contribution in [3.8, 4) is 44.5 Å². The second-order valence-electron chi connectivity index (χ2n) is 18.6. The fraction of sp³-hybridized carbons (Fsp3) is 0.193. The lowest BCUT2D eigenvalue weighted by atomic mass is 9.80. The summed E-state index contributed by atoms with van der Waals surface area (Å²) in [7, 11) is 0. The molecular weight excluding hydrogens is 699 g/mol. The highest BCUT2D eigenvalue weighted by Gasteiger charge is 2.37. The molecule has 0 unspecified atom stereocenters. The van der Waals surface area contributed by atoms with Gasteiger partial charge in [0, 0.05) is 22.2 Å². The van der Waals surface area contributed by atoms with E-state index in [4.69, 9.17) is 0 Å². The average molecular weight is 752 g/mol. The highest BCUT2D eigenvalue weighted by atomic mass is 15.1. The number of hydrogen-bond donors (Lipinski definition) is 0. The normalized spacial score (nSPS) is 13.3. The zero-order valence-corrected chi connectivity index (χ0v) is 35.2. The Hall–Kier alpha value is -6.18. The first-order valence-corrected chi connectivity index (χ1v) is 20.8. The van der Waals surface area contributed by atoms with Gasteiger partial charge in [-0.05, 0) is 102 Å². The highest BCUT2D eigenvalue weighted by molar-refractivity contribution is 6.09. The zero-order valence-electron chi connectivity index (χ0n) is 35.2. The summed E-state index contributed by atoms with van der Waals surface area (Å²) in [6.45, 7) is 18.7. The smallest absolute Gasteiger partial charge is 0.0540 e. The number of rotatable bonds is 6. The van der Waals surface area contributed by atoms with E-state index in [1.807, 2.05) is 0 Å². The van der Waals surface area contributed by atoms with Gasteiger partial charge in [0.1, 0.15) is 0 Å². The third kappa shape index (κ3) is 6.34. The quantitative estimate of drug-likeness (QED) is 0.164. The van der Waals surface area contributed by atoms with Crippen molar-refractivity contribution in [2.24, 2.45) is 0 Å². The van der Waals surface area contributed by atoms with E-state index >= 15 is 0 Å². The lowest BCUT2D eigenvalue weighted by Gasteiger charge is -2.34. The summed E-state index contributed by atoms with van der Waals surface area (Å²) in [5.74, 6) is 0. The lowest BCUT2D eigenvalue weighted by molar-refractivity contribution is 0.569. The van der Waals surface area contributed by atoms with Gasteiger partial charge in [0.25, 0.3) is 0 Å². The Bertz CT molecular complexity index is 2790. The van der Waals surface area contributed by atoms with Crippen LogP contribution in [-0.2, 0) is 16.2 Å². The molecule has 0 N–H and O–H groups in total. The van der Waals surface area contributed by atoms with Crippen molar-refractivity contribution in [3.63, 3.8) is 0 Å². The van der Waals surface area contributed by atoms with Gasteiger partial charge < -0.3 is 4.90 Å². The topological polar surface area (TPSA) is 3.24 Å². The first-order valence-electron chi connectivity index (χ1n) is 20.8. The predicted molar refractivity (Wildman–Crippen MR) is 250 cm³/mol. The summed E-state index contributed by atoms with van der Waals surface area (Å²) >= 11 is 0. The van der Waals surface area contributed by atoms with Gasteiger partial charge in [-0.3, -0.25) is 0 Å². The van der Waals surface area contributed by atoms with Gasteiger partial charge in [0.05, 0.1) is 11.4 Å². The SMILES string of the molecule is CC(C)(C)c1cc(N(c2ccccc2-c2cccc3c2-c2ccccc2C3(C)C)c2ccccc2-c2cccc3cccc(-c4ccccc4)c23)cc(C(C)(C)C)c1. The third-order valence-electron chi connectivity index (χ3n) is 12.4. The molecule has 1 heteroatoms. The van der Waals surface area contributed by atoms with Crippen molar-refractivity contribution in [1.29, 1.82) is 0 Å². The zero-order chi connectivity index (χ0) is 40.4. The lowest BCUT2D eigenvalue weighted by Crippen LogP contribution is -2.19. The van der Waals surface area contributed by atoms with Crippen molar-refractivity contribution in [3.05, 3.63) is 198 Å². The van der Waals surface area contributed by atoms with E-state index < -0.39 is 0 Å². The summed E-state index contributed by atoms with van der Waals surface area (Å²) in [5.41, 5.74) is 18.6. The van der Waals surface area contributed by atoms with Crippen LogP contribution in [0.4, 0.5) is 17.1 Å². The molecule has 9 rings (SSSR count). The largest absolute Gasteiger partial charge is 0.309 e. The van der Waals surface area contributed by atoms with Crippen LogP contribution in [0.25, 0.3) is 55.3 Å². The molecule has 8 aromatic rings. The molecule has 0 aliphatic heterocycles. The molecule has 1 aliphatic carbocycles. The summed E-state index contributed by atoms with van der Waals surface area (Å²) < 4.78 is 0. The third-order valence-corrected chi connectivity index (χ3v) is 12.4. The fourth-order valence-electron chi connectivity index (χ4n) is 9.21. The number of benzene rings is 8. The monoisotopic (exact) mass is 751 g/mol. The molecule has 286 valence electrons. The molecular formula is C57H53N. The fourth-order valence-corrected chi connectivity index (χ4v) is 9.21. The number of hydrogen-bond acceptors (Lipinski definition) is 1. The van der Waals surface area contributed by atoms with Crippen LogP contribution in [0.1, 0.15) is 77.6 Å². The van der Waals surface area contributed by atoms with E-state index in [1.165, 1.54) is 77.5 Å². The van der Waals surface area contributed by atoms with E-state index in [1.54, 1.807) is 0 Å². The van der Waals surface area contributed by atoms with Gasteiger partial charge in [-0.25, -0.2) is 0 Å². The first kappa shape index (κ1) is 37.4. The molecule has 0 aromatic heterocycles. The van der Waals surface area contributed by atoms with Crippen LogP contribution < -0.4 is 4.90 Å². The minimum Gasteiger partial charge on any atom is -0.309 e. The maximum Gasteiger partial charge on any atom is 0.0540 e. The minimum atomic E-state index is -0.101. The molecule has 0 spiro atoms. The molecule has 0 saturated carbocycles. The molecule has 0 heterocycles. The standard InChI is InChI=1S/C57H53N/c1-55(2,3)40-35-41(56(4,5)6)37-42(36-40)58(52-34-17-14-26-45(52)47-30-20-32-50-54(47)48-27-12-15-31-49(48)57(50,7)8)51-33-16-13-25-44(51)46-29-19-24-39-23-18-28-43(53(39)46)38-21-10-9-11-22-38/h9-37H,1-8H3. The Morgan fingerprint density at radius 3 is 1.48 bits per heavy atom. The Morgan fingerprint density at radius 1 is 0.397 bits per heavy atom. The summed E-state index contributed by atoms with van der Waals surface area (Å²) in [6, 6.07) is 65.7. The average Bonchev–Trinajstić information content (AvgIpc) is 3.46. The number of anilines is 3. The molecule has 58 heavy (non-hydrogen) atoms. The van der Waals surface area contributed by atoms with Crippen LogP contribution in [-0.4, -0.2) is 0 Å². The molecule has 0 atom stereocenters. The first-order chi connectivity index (χ1) is 27.8.